The first kappa shape index (κ1) is 14.1. The number of thiophene rings is 1. The minimum Gasteiger partial charge on any atom is -0.326 e. The van der Waals surface area contributed by atoms with Gasteiger partial charge in [-0.3, -0.25) is 0 Å². The van der Waals surface area contributed by atoms with Crippen LogP contribution < -0.4 is 5.73 Å². The molecule has 1 aliphatic carbocycles. The second-order valence-corrected chi connectivity index (χ2v) is 9.40. The first-order valence-electron chi connectivity index (χ1n) is 6.10. The van der Waals surface area contributed by atoms with Gasteiger partial charge in [-0.15, -0.1) is 11.3 Å². The number of nitrogens with zero attached hydrogens (tertiary/aromatic N) is 1. The third-order valence-corrected chi connectivity index (χ3v) is 7.97. The van der Waals surface area contributed by atoms with Crippen LogP contribution >= 0.6 is 34.5 Å². The Kier molecular flexibility index (Phi) is 3.61. The SMILES string of the molecule is NC1CN(S(=O)(=O)c2cc(Cl)c(Cl)s2)CC1C1CC1. The summed E-state index contributed by atoms with van der Waals surface area (Å²) in [6.07, 6.45) is 2.34. The molecule has 4 nitrogen and oxygen atoms in total. The Morgan fingerprint density at radius 2 is 2.00 bits per heavy atom. The minimum absolute atomic E-state index is 0.0619. The van der Waals surface area contributed by atoms with E-state index in [1.54, 1.807) is 0 Å². The zero-order valence-electron chi connectivity index (χ0n) is 10.1. The van der Waals surface area contributed by atoms with Crippen molar-refractivity contribution in [2.24, 2.45) is 17.6 Å². The molecule has 1 aromatic heterocycles. The van der Waals surface area contributed by atoms with Crippen molar-refractivity contribution in [2.45, 2.75) is 23.1 Å². The van der Waals surface area contributed by atoms with Gasteiger partial charge in [-0.05, 0) is 30.7 Å². The van der Waals surface area contributed by atoms with Gasteiger partial charge < -0.3 is 5.73 Å². The Balaban J connectivity index is 1.85. The summed E-state index contributed by atoms with van der Waals surface area (Å²) in [6.45, 7) is 0.901. The summed E-state index contributed by atoms with van der Waals surface area (Å²) in [5.41, 5.74) is 6.07. The molecule has 0 spiro atoms. The summed E-state index contributed by atoms with van der Waals surface area (Å²) >= 11 is 12.7. The van der Waals surface area contributed by atoms with E-state index in [4.69, 9.17) is 28.9 Å². The Morgan fingerprint density at radius 1 is 1.32 bits per heavy atom. The second-order valence-electron chi connectivity index (χ2n) is 5.17. The van der Waals surface area contributed by atoms with E-state index >= 15 is 0 Å². The summed E-state index contributed by atoms with van der Waals surface area (Å²) in [5, 5.41) is 0.285. The summed E-state index contributed by atoms with van der Waals surface area (Å²) in [4.78, 5) is 0. The van der Waals surface area contributed by atoms with Crippen molar-refractivity contribution < 1.29 is 8.42 Å². The maximum Gasteiger partial charge on any atom is 0.252 e. The normalized spacial score (nSPS) is 29.0. The van der Waals surface area contributed by atoms with Gasteiger partial charge in [0.25, 0.3) is 10.0 Å². The van der Waals surface area contributed by atoms with Crippen LogP contribution in [0.15, 0.2) is 10.3 Å². The van der Waals surface area contributed by atoms with Gasteiger partial charge in [-0.2, -0.15) is 4.31 Å². The van der Waals surface area contributed by atoms with Crippen LogP contribution in [0.5, 0.6) is 0 Å². The van der Waals surface area contributed by atoms with Crippen molar-refractivity contribution in [3.05, 3.63) is 15.4 Å². The number of sulfonamides is 1. The van der Waals surface area contributed by atoms with E-state index in [0.717, 1.165) is 11.3 Å². The van der Waals surface area contributed by atoms with Crippen molar-refractivity contribution in [2.75, 3.05) is 13.1 Å². The van der Waals surface area contributed by atoms with Crippen LogP contribution in [0.1, 0.15) is 12.8 Å². The molecule has 0 radical (unpaired) electrons. The minimum atomic E-state index is -3.51. The fraction of sp³-hybridized carbons (Fsp3) is 0.636. The zero-order chi connectivity index (χ0) is 13.8. The highest BCUT2D eigenvalue weighted by Gasteiger charge is 2.44. The van der Waals surface area contributed by atoms with E-state index in [2.05, 4.69) is 0 Å². The molecule has 2 fully saturated rings. The topological polar surface area (TPSA) is 63.4 Å². The van der Waals surface area contributed by atoms with E-state index in [-0.39, 0.29) is 15.3 Å². The van der Waals surface area contributed by atoms with E-state index in [1.165, 1.54) is 23.2 Å². The largest absolute Gasteiger partial charge is 0.326 e. The number of hydrogen-bond donors (Lipinski definition) is 1. The molecule has 0 aromatic carbocycles. The molecule has 3 rings (SSSR count). The molecule has 1 saturated carbocycles. The summed E-state index contributed by atoms with van der Waals surface area (Å²) in [5.74, 6) is 0.895. The lowest BCUT2D eigenvalue weighted by Gasteiger charge is -2.14. The quantitative estimate of drug-likeness (QED) is 0.918. The third-order valence-electron chi connectivity index (χ3n) is 3.82. The molecule has 106 valence electrons. The highest BCUT2D eigenvalue weighted by molar-refractivity contribution is 7.91. The molecule has 1 aliphatic heterocycles. The molecule has 2 atom stereocenters. The van der Waals surface area contributed by atoms with E-state index in [1.807, 2.05) is 0 Å². The first-order chi connectivity index (χ1) is 8.89. The predicted molar refractivity (Wildman–Crippen MR) is 77.3 cm³/mol. The van der Waals surface area contributed by atoms with E-state index in [0.29, 0.717) is 29.3 Å². The molecule has 2 heterocycles. The van der Waals surface area contributed by atoms with E-state index < -0.39 is 10.0 Å². The molecule has 1 saturated heterocycles. The Hall–Kier alpha value is 0.150. The monoisotopic (exact) mass is 340 g/mol. The van der Waals surface area contributed by atoms with Crippen LogP contribution in [0.2, 0.25) is 9.36 Å². The van der Waals surface area contributed by atoms with Crippen molar-refractivity contribution in [3.63, 3.8) is 0 Å². The van der Waals surface area contributed by atoms with Crippen LogP contribution in [0.4, 0.5) is 0 Å². The molecule has 2 unspecified atom stereocenters. The van der Waals surface area contributed by atoms with Crippen molar-refractivity contribution >= 4 is 44.6 Å². The van der Waals surface area contributed by atoms with Crippen molar-refractivity contribution in [1.82, 2.24) is 4.31 Å². The summed E-state index contributed by atoms with van der Waals surface area (Å²) in [7, 11) is -3.51. The average molecular weight is 341 g/mol. The molecule has 2 aliphatic rings. The molecule has 8 heteroatoms. The number of nitrogens with two attached hydrogens (primary N) is 1. The van der Waals surface area contributed by atoms with Gasteiger partial charge in [0.1, 0.15) is 8.55 Å². The maximum atomic E-state index is 12.5. The summed E-state index contributed by atoms with van der Waals surface area (Å²) < 4.78 is 27.0. The third kappa shape index (κ3) is 2.54. The van der Waals surface area contributed by atoms with Crippen molar-refractivity contribution in [3.8, 4) is 0 Å². The lowest BCUT2D eigenvalue weighted by Crippen LogP contribution is -2.32. The molecule has 2 N–H and O–H groups in total. The van der Waals surface area contributed by atoms with Gasteiger partial charge in [0.2, 0.25) is 0 Å². The highest BCUT2D eigenvalue weighted by Crippen LogP contribution is 2.43. The molecule has 19 heavy (non-hydrogen) atoms. The molecule has 1 aromatic rings. The molecule has 0 bridgehead atoms. The Labute approximate surface area is 126 Å². The number of hydrogen-bond acceptors (Lipinski definition) is 4. The molecular weight excluding hydrogens is 327 g/mol. The van der Waals surface area contributed by atoms with Gasteiger partial charge >= 0.3 is 0 Å². The Morgan fingerprint density at radius 3 is 2.53 bits per heavy atom. The zero-order valence-corrected chi connectivity index (χ0v) is 13.2. The first-order valence-corrected chi connectivity index (χ1v) is 9.11. The van der Waals surface area contributed by atoms with Gasteiger partial charge in [0.05, 0.1) is 5.02 Å². The van der Waals surface area contributed by atoms with Gasteiger partial charge in [-0.25, -0.2) is 8.42 Å². The van der Waals surface area contributed by atoms with Crippen LogP contribution in [0.3, 0.4) is 0 Å². The average Bonchev–Trinajstić information content (AvgIpc) is 3.02. The van der Waals surface area contributed by atoms with Crippen LogP contribution in [-0.4, -0.2) is 31.9 Å². The summed E-state index contributed by atoms with van der Waals surface area (Å²) in [6, 6.07) is 1.35. The number of rotatable bonds is 3. The maximum absolute atomic E-state index is 12.5. The van der Waals surface area contributed by atoms with Gasteiger partial charge in [0, 0.05) is 19.1 Å². The van der Waals surface area contributed by atoms with Gasteiger partial charge in [-0.1, -0.05) is 23.2 Å². The van der Waals surface area contributed by atoms with Crippen LogP contribution in [-0.2, 0) is 10.0 Å². The van der Waals surface area contributed by atoms with Crippen molar-refractivity contribution in [1.29, 1.82) is 0 Å². The predicted octanol–water partition coefficient (Wildman–Crippen LogP) is 2.41. The Bertz CT molecular complexity index is 578. The van der Waals surface area contributed by atoms with Gasteiger partial charge in [0.15, 0.2) is 0 Å². The molecule has 0 amide bonds. The highest BCUT2D eigenvalue weighted by atomic mass is 35.5. The smallest absolute Gasteiger partial charge is 0.252 e. The van der Waals surface area contributed by atoms with E-state index in [9.17, 15) is 8.42 Å². The standard InChI is InChI=1S/C11H14Cl2N2O2S2/c12-8-3-10(18-11(8)13)19(16,17)15-4-7(6-1-2-6)9(14)5-15/h3,6-7,9H,1-2,4-5,14H2. The molecular formula is C11H14Cl2N2O2S2. The number of halogens is 2. The lowest BCUT2D eigenvalue weighted by molar-refractivity contribution is 0.428. The van der Waals surface area contributed by atoms with Crippen LogP contribution in [0.25, 0.3) is 0 Å². The second kappa shape index (κ2) is 4.86. The lowest BCUT2D eigenvalue weighted by atomic mass is 9.99. The fourth-order valence-corrected chi connectivity index (χ4v) is 6.17. The fourth-order valence-electron chi connectivity index (χ4n) is 2.62. The van der Waals surface area contributed by atoms with Crippen LogP contribution in [0, 0.1) is 11.8 Å².